The summed E-state index contributed by atoms with van der Waals surface area (Å²) in [5.74, 6) is 3.75. The highest BCUT2D eigenvalue weighted by molar-refractivity contribution is 7.71. The average Bonchev–Trinajstić information content (AvgIpc) is 3.54. The molecule has 0 aliphatic heterocycles. The summed E-state index contributed by atoms with van der Waals surface area (Å²) in [6.07, 6.45) is 5.11. The van der Waals surface area contributed by atoms with Crippen LogP contribution in [0.15, 0.2) is 73.2 Å². The van der Waals surface area contributed by atoms with Gasteiger partial charge in [-0.25, -0.2) is 28.7 Å². The first-order valence-electron chi connectivity index (χ1n) is 12.2. The van der Waals surface area contributed by atoms with Crippen molar-refractivity contribution in [2.45, 2.75) is 20.8 Å². The maximum Gasteiger partial charge on any atom is 0.576 e. The van der Waals surface area contributed by atoms with Gasteiger partial charge < -0.3 is 0 Å². The van der Waals surface area contributed by atoms with Crippen LogP contribution in [0.5, 0.6) is 0 Å². The van der Waals surface area contributed by atoms with Crippen molar-refractivity contribution in [3.05, 3.63) is 105 Å². The van der Waals surface area contributed by atoms with E-state index in [0.29, 0.717) is 49.2 Å². The van der Waals surface area contributed by atoms with E-state index in [1.807, 2.05) is 75.4 Å². The van der Waals surface area contributed by atoms with E-state index in [0.717, 1.165) is 0 Å². The fraction of sp³-hybridized carbons (Fsp3) is 0.125. The summed E-state index contributed by atoms with van der Waals surface area (Å²) in [5.41, 5.74) is 0. The molecule has 12 nitrogen and oxygen atoms in total. The molecule has 0 aromatic carbocycles. The first kappa shape index (κ1) is 25.9. The second-order valence-electron chi connectivity index (χ2n) is 8.74. The van der Waals surface area contributed by atoms with E-state index in [2.05, 4.69) is 15.0 Å². The van der Waals surface area contributed by atoms with Crippen molar-refractivity contribution in [2.75, 3.05) is 0 Å². The monoisotopic (exact) mass is 584 g/mol. The van der Waals surface area contributed by atoms with Gasteiger partial charge in [0.1, 0.15) is 34.9 Å². The molecule has 0 saturated carbocycles. The van der Waals surface area contributed by atoms with E-state index in [9.17, 15) is 0 Å². The van der Waals surface area contributed by atoms with Crippen molar-refractivity contribution in [3.8, 4) is 17.5 Å². The summed E-state index contributed by atoms with van der Waals surface area (Å²) in [4.78, 5) is 13.4. The summed E-state index contributed by atoms with van der Waals surface area (Å²) in [7, 11) is -0.886. The minimum Gasteiger partial charge on any atom is -0.256 e. The van der Waals surface area contributed by atoms with Gasteiger partial charge in [-0.05, 0) is 93.8 Å². The lowest BCUT2D eigenvalue weighted by atomic mass is 9.96. The van der Waals surface area contributed by atoms with E-state index in [1.54, 1.807) is 46.1 Å². The lowest BCUT2D eigenvalue weighted by Crippen LogP contribution is -2.44. The van der Waals surface area contributed by atoms with Crippen LogP contribution >= 0.6 is 36.7 Å². The molecule has 6 heterocycles. The first-order chi connectivity index (χ1) is 19.4. The highest BCUT2D eigenvalue weighted by Gasteiger charge is 2.35. The average molecular weight is 585 g/mol. The number of aryl methyl sites for hydroxylation is 3. The summed E-state index contributed by atoms with van der Waals surface area (Å²) in [6, 6.07) is 16.8. The highest BCUT2D eigenvalue weighted by atomic mass is 32.1. The third-order valence-corrected chi connectivity index (χ3v) is 7.29. The van der Waals surface area contributed by atoms with Crippen molar-refractivity contribution in [1.82, 2.24) is 57.7 Å². The minimum atomic E-state index is -0.886. The van der Waals surface area contributed by atoms with Crippen LogP contribution in [0.2, 0.25) is 0 Å². The Labute approximate surface area is 244 Å². The molecular weight excluding hydrogens is 563 g/mol. The third kappa shape index (κ3) is 4.25. The van der Waals surface area contributed by atoms with Gasteiger partial charge in [-0.1, -0.05) is 18.2 Å². The van der Waals surface area contributed by atoms with Crippen LogP contribution in [0.25, 0.3) is 17.5 Å². The quantitative estimate of drug-likeness (QED) is 0.213. The molecule has 0 bridgehead atoms. The summed E-state index contributed by atoms with van der Waals surface area (Å²) in [6.45, 7) is 5.56. The van der Waals surface area contributed by atoms with Crippen molar-refractivity contribution in [3.63, 3.8) is 0 Å². The predicted molar refractivity (Wildman–Crippen MR) is 157 cm³/mol. The largest absolute Gasteiger partial charge is 0.576 e. The van der Waals surface area contributed by atoms with E-state index >= 15 is 0 Å². The van der Waals surface area contributed by atoms with E-state index in [4.69, 9.17) is 51.9 Å². The molecule has 0 atom stereocenters. The molecule has 0 fully saturated rings. The SMILES string of the molecule is Cc1nn(B(n2nc(C)n(-c3ccccn3)c2=S)n2nc(C)n(-c3ccccn3)c2=S)c(=S)n1-c1ccccn1. The zero-order chi connectivity index (χ0) is 28.0. The number of nitrogens with zero attached hydrogens (tertiary/aromatic N) is 12. The predicted octanol–water partition coefficient (Wildman–Crippen LogP) is 3.88. The number of aromatic nitrogens is 12. The van der Waals surface area contributed by atoms with Crippen molar-refractivity contribution < 1.29 is 0 Å². The summed E-state index contributed by atoms with van der Waals surface area (Å²) >= 11 is 17.9. The Morgan fingerprint density at radius 2 is 0.800 bits per heavy atom. The highest BCUT2D eigenvalue weighted by Crippen LogP contribution is 2.16. The van der Waals surface area contributed by atoms with Crippen LogP contribution in [-0.4, -0.2) is 64.8 Å². The number of hydrogen-bond acceptors (Lipinski definition) is 9. The zero-order valence-corrected chi connectivity index (χ0v) is 24.0. The van der Waals surface area contributed by atoms with Crippen LogP contribution < -0.4 is 0 Å². The smallest absolute Gasteiger partial charge is 0.256 e. The Morgan fingerprint density at radius 1 is 0.500 bits per heavy atom. The van der Waals surface area contributed by atoms with Gasteiger partial charge in [0.2, 0.25) is 0 Å². The molecule has 0 amide bonds. The van der Waals surface area contributed by atoms with E-state index in [1.165, 1.54) is 0 Å². The molecule has 0 saturated heterocycles. The molecule has 0 aliphatic rings. The van der Waals surface area contributed by atoms with Gasteiger partial charge in [0.25, 0.3) is 0 Å². The maximum atomic E-state index is 5.96. The Balaban J connectivity index is 1.64. The Hall–Kier alpha value is -4.41. The van der Waals surface area contributed by atoms with E-state index in [-0.39, 0.29) is 0 Å². The Bertz CT molecular complexity index is 1770. The number of rotatable bonds is 6. The van der Waals surface area contributed by atoms with Crippen LogP contribution in [0.3, 0.4) is 0 Å². The molecule has 0 unspecified atom stereocenters. The van der Waals surface area contributed by atoms with Crippen LogP contribution in [0, 0.1) is 35.1 Å². The Morgan fingerprint density at radius 3 is 1.05 bits per heavy atom. The molecular formula is C24H21BN12S3. The molecule has 0 N–H and O–H groups in total. The Kier molecular flexibility index (Phi) is 6.65. The lowest BCUT2D eigenvalue weighted by molar-refractivity contribution is 0.743. The van der Waals surface area contributed by atoms with Gasteiger partial charge in [-0.15, -0.1) is 0 Å². The second-order valence-corrected chi connectivity index (χ2v) is 9.83. The molecule has 0 radical (unpaired) electrons. The number of hydrogen-bond donors (Lipinski definition) is 0. The number of pyridine rings is 3. The molecule has 6 rings (SSSR count). The fourth-order valence-electron chi connectivity index (χ4n) is 4.46. The minimum absolute atomic E-state index is 0.361. The fourth-order valence-corrected chi connectivity index (χ4v) is 5.55. The van der Waals surface area contributed by atoms with Gasteiger partial charge in [-0.3, -0.25) is 13.7 Å². The molecule has 16 heteroatoms. The van der Waals surface area contributed by atoms with Crippen molar-refractivity contribution in [1.29, 1.82) is 0 Å². The van der Waals surface area contributed by atoms with Crippen molar-refractivity contribution >= 4 is 43.8 Å². The molecule has 0 spiro atoms. The second kappa shape index (κ2) is 10.3. The van der Waals surface area contributed by atoms with Gasteiger partial charge in [0.15, 0.2) is 14.3 Å². The van der Waals surface area contributed by atoms with Gasteiger partial charge in [-0.2, -0.15) is 15.3 Å². The molecule has 6 aromatic rings. The van der Waals surface area contributed by atoms with Gasteiger partial charge in [0.05, 0.1) is 0 Å². The van der Waals surface area contributed by atoms with Crippen LogP contribution in [-0.2, 0) is 0 Å². The maximum absolute atomic E-state index is 5.96. The van der Waals surface area contributed by atoms with Gasteiger partial charge in [0, 0.05) is 18.6 Å². The third-order valence-electron chi connectivity index (χ3n) is 6.18. The van der Waals surface area contributed by atoms with Crippen molar-refractivity contribution in [2.24, 2.45) is 0 Å². The van der Waals surface area contributed by atoms with Crippen LogP contribution in [0.1, 0.15) is 17.5 Å². The van der Waals surface area contributed by atoms with Crippen LogP contribution in [0.4, 0.5) is 0 Å². The summed E-state index contributed by atoms with van der Waals surface area (Å²) in [5, 5.41) is 14.4. The zero-order valence-electron chi connectivity index (χ0n) is 21.6. The first-order valence-corrected chi connectivity index (χ1v) is 13.4. The molecule has 40 heavy (non-hydrogen) atoms. The topological polar surface area (TPSA) is 107 Å². The lowest BCUT2D eigenvalue weighted by Gasteiger charge is -2.13. The van der Waals surface area contributed by atoms with Gasteiger partial charge >= 0.3 is 7.12 Å². The molecule has 6 aromatic heterocycles. The van der Waals surface area contributed by atoms with E-state index < -0.39 is 7.12 Å². The summed E-state index contributed by atoms with van der Waals surface area (Å²) < 4.78 is 11.3. The molecule has 198 valence electrons. The normalized spacial score (nSPS) is 11.2. The standard InChI is InChI=1S/C24H21BN12S3/c1-16-29-35(22(38)32(16)19-10-4-7-13-26-19)25(36-23(39)33(17(2)30-36)20-11-5-8-14-27-20)37-24(40)34(18(3)31-37)21-12-6-9-15-28-21/h4-15H,1-3H3. The molecule has 0 aliphatic carbocycles.